The molecule has 0 saturated carbocycles. The van der Waals surface area contributed by atoms with Crippen LogP contribution in [0.5, 0.6) is 0 Å². The van der Waals surface area contributed by atoms with E-state index in [0.29, 0.717) is 11.1 Å². The van der Waals surface area contributed by atoms with Crippen LogP contribution in [0.15, 0.2) is 22.8 Å². The highest BCUT2D eigenvalue weighted by molar-refractivity contribution is 9.09. The molecule has 0 amide bonds. The summed E-state index contributed by atoms with van der Waals surface area (Å²) < 4.78 is 0. The molecule has 0 unspecified atom stereocenters. The number of carbonyl (C=O) groups excluding carboxylic acids is 2. The van der Waals surface area contributed by atoms with Gasteiger partial charge in [0.15, 0.2) is 0 Å². The van der Waals surface area contributed by atoms with Crippen molar-refractivity contribution in [1.82, 2.24) is 0 Å². The molecule has 0 saturated heterocycles. The summed E-state index contributed by atoms with van der Waals surface area (Å²) in [7, 11) is 0. The van der Waals surface area contributed by atoms with Crippen LogP contribution in [0.25, 0.3) is 0 Å². The normalized spacial score (nSPS) is 19.5. The van der Waals surface area contributed by atoms with Gasteiger partial charge in [0.25, 0.3) is 0 Å². The summed E-state index contributed by atoms with van der Waals surface area (Å²) in [5.74, 6) is 5.18. The van der Waals surface area contributed by atoms with Crippen molar-refractivity contribution in [2.24, 2.45) is 5.41 Å². The molecule has 0 atom stereocenters. The van der Waals surface area contributed by atoms with E-state index in [0.717, 1.165) is 10.9 Å². The Bertz CT molecular complexity index is 496. The summed E-state index contributed by atoms with van der Waals surface area (Å²) in [5, 5.41) is 0.743. The van der Waals surface area contributed by atoms with Gasteiger partial charge in [-0.3, -0.25) is 9.59 Å². The van der Waals surface area contributed by atoms with E-state index in [1.54, 1.807) is 20.8 Å². The van der Waals surface area contributed by atoms with Crippen molar-refractivity contribution in [1.29, 1.82) is 0 Å². The van der Waals surface area contributed by atoms with Crippen LogP contribution in [0, 0.1) is 17.3 Å². The molecule has 17 heavy (non-hydrogen) atoms. The molecular weight excluding hydrogens is 280 g/mol. The number of allylic oxidation sites excluding steroid dienone is 4. The predicted octanol–water partition coefficient (Wildman–Crippen LogP) is 2.83. The zero-order valence-corrected chi connectivity index (χ0v) is 12.1. The average molecular weight is 295 g/mol. The maximum Gasteiger partial charge on any atom is 0.226 e. The van der Waals surface area contributed by atoms with Gasteiger partial charge in [-0.15, -0.1) is 0 Å². The Labute approximate surface area is 110 Å². The highest BCUT2D eigenvalue weighted by Gasteiger charge is 2.44. The zero-order chi connectivity index (χ0) is 13.2. The second-order valence-electron chi connectivity index (χ2n) is 4.57. The van der Waals surface area contributed by atoms with Gasteiger partial charge in [0.2, 0.25) is 11.6 Å². The third kappa shape index (κ3) is 2.58. The fourth-order valence-electron chi connectivity index (χ4n) is 1.73. The number of Topliss-reactive ketones (excluding diaryl/α,β-unsaturated/α-hetero) is 2. The van der Waals surface area contributed by atoms with Crippen molar-refractivity contribution in [2.75, 3.05) is 5.33 Å². The van der Waals surface area contributed by atoms with Crippen molar-refractivity contribution in [3.63, 3.8) is 0 Å². The Kier molecular flexibility index (Phi) is 4.11. The van der Waals surface area contributed by atoms with E-state index in [9.17, 15) is 9.59 Å². The first-order valence-corrected chi connectivity index (χ1v) is 6.49. The molecule has 0 bridgehead atoms. The summed E-state index contributed by atoms with van der Waals surface area (Å²) in [6.07, 6.45) is 1.94. The molecule has 90 valence electrons. The van der Waals surface area contributed by atoms with Crippen molar-refractivity contribution < 1.29 is 9.59 Å². The lowest BCUT2D eigenvalue weighted by atomic mass is 9.84. The molecule has 2 nitrogen and oxygen atoms in total. The first-order valence-electron chi connectivity index (χ1n) is 5.37. The van der Waals surface area contributed by atoms with E-state index in [1.807, 2.05) is 13.0 Å². The van der Waals surface area contributed by atoms with Gasteiger partial charge in [-0.05, 0) is 33.3 Å². The second kappa shape index (κ2) is 5.01. The Morgan fingerprint density at radius 2 is 2.00 bits per heavy atom. The summed E-state index contributed by atoms with van der Waals surface area (Å²) >= 11 is 3.29. The van der Waals surface area contributed by atoms with Crippen molar-refractivity contribution in [2.45, 2.75) is 27.7 Å². The Morgan fingerprint density at radius 1 is 1.41 bits per heavy atom. The quantitative estimate of drug-likeness (QED) is 0.423. The van der Waals surface area contributed by atoms with E-state index in [-0.39, 0.29) is 5.78 Å². The summed E-state index contributed by atoms with van der Waals surface area (Å²) in [4.78, 5) is 23.3. The average Bonchev–Trinajstić information content (AvgIpc) is 2.39. The van der Waals surface area contributed by atoms with E-state index in [4.69, 9.17) is 0 Å². The lowest BCUT2D eigenvalue weighted by Crippen LogP contribution is -2.25. The number of halogens is 1. The van der Waals surface area contributed by atoms with E-state index >= 15 is 0 Å². The molecule has 0 N–H and O–H groups in total. The third-order valence-corrected chi connectivity index (χ3v) is 3.21. The maximum absolute atomic E-state index is 11.7. The number of ketones is 2. The van der Waals surface area contributed by atoms with Crippen LogP contribution < -0.4 is 0 Å². The molecule has 0 aliphatic heterocycles. The summed E-state index contributed by atoms with van der Waals surface area (Å²) in [6, 6.07) is 0. The number of carbonyl (C=O) groups is 2. The molecule has 1 aliphatic rings. The van der Waals surface area contributed by atoms with E-state index in [2.05, 4.69) is 27.8 Å². The Balaban J connectivity index is 3.18. The number of alkyl halides is 1. The molecule has 0 aromatic rings. The molecule has 0 fully saturated rings. The lowest BCUT2D eigenvalue weighted by molar-refractivity contribution is -0.136. The van der Waals surface area contributed by atoms with Crippen LogP contribution in [0.2, 0.25) is 0 Å². The minimum absolute atomic E-state index is 0.360. The van der Waals surface area contributed by atoms with Gasteiger partial charge in [-0.25, -0.2) is 0 Å². The van der Waals surface area contributed by atoms with Crippen LogP contribution >= 0.6 is 15.9 Å². The van der Waals surface area contributed by atoms with Gasteiger partial charge in [-0.2, -0.15) is 0 Å². The van der Waals surface area contributed by atoms with Gasteiger partial charge < -0.3 is 0 Å². The first kappa shape index (κ1) is 13.9. The molecule has 0 spiro atoms. The summed E-state index contributed by atoms with van der Waals surface area (Å²) in [6.45, 7) is 7.06. The van der Waals surface area contributed by atoms with Crippen molar-refractivity contribution >= 4 is 27.5 Å². The molecular formula is C14H15BrO2. The monoisotopic (exact) mass is 294 g/mol. The van der Waals surface area contributed by atoms with E-state index in [1.165, 1.54) is 0 Å². The van der Waals surface area contributed by atoms with Gasteiger partial charge in [0.1, 0.15) is 0 Å². The second-order valence-corrected chi connectivity index (χ2v) is 5.22. The molecule has 3 heteroatoms. The van der Waals surface area contributed by atoms with Crippen molar-refractivity contribution in [3.8, 4) is 11.8 Å². The van der Waals surface area contributed by atoms with Crippen LogP contribution in [-0.2, 0) is 9.59 Å². The molecule has 0 heterocycles. The smallest absolute Gasteiger partial charge is 0.226 e. The highest BCUT2D eigenvalue weighted by Crippen LogP contribution is 2.36. The highest BCUT2D eigenvalue weighted by atomic mass is 79.9. The molecule has 0 aromatic heterocycles. The topological polar surface area (TPSA) is 34.1 Å². The Morgan fingerprint density at radius 3 is 2.41 bits per heavy atom. The molecule has 0 radical (unpaired) electrons. The van der Waals surface area contributed by atoms with Crippen molar-refractivity contribution in [3.05, 3.63) is 22.8 Å². The summed E-state index contributed by atoms with van der Waals surface area (Å²) in [5.41, 5.74) is 1.28. The Hall–Kier alpha value is -1.14. The van der Waals surface area contributed by atoms with Crippen LogP contribution in [0.3, 0.4) is 0 Å². The van der Waals surface area contributed by atoms with Gasteiger partial charge >= 0.3 is 0 Å². The van der Waals surface area contributed by atoms with E-state index < -0.39 is 11.2 Å². The van der Waals surface area contributed by atoms with Crippen LogP contribution in [0.1, 0.15) is 27.7 Å². The fourth-order valence-corrected chi connectivity index (χ4v) is 2.21. The predicted molar refractivity (Wildman–Crippen MR) is 71.8 cm³/mol. The van der Waals surface area contributed by atoms with Crippen LogP contribution in [0.4, 0.5) is 0 Å². The number of hydrogen-bond acceptors (Lipinski definition) is 2. The molecule has 1 aliphatic carbocycles. The van der Waals surface area contributed by atoms with Gasteiger partial charge in [0, 0.05) is 16.5 Å². The lowest BCUT2D eigenvalue weighted by Gasteiger charge is -2.15. The minimum atomic E-state index is -0.775. The van der Waals surface area contributed by atoms with Crippen LogP contribution in [-0.4, -0.2) is 16.9 Å². The fraction of sp³-hybridized carbons (Fsp3) is 0.429. The SMILES string of the molecule is CC1=C(C#C/C(C)=C/CBr)C(C)(C)C(=O)C1=O. The minimum Gasteiger partial charge on any atom is -0.289 e. The molecule has 1 rings (SSSR count). The maximum atomic E-state index is 11.7. The van der Waals surface area contributed by atoms with Gasteiger partial charge in [0.05, 0.1) is 5.41 Å². The number of hydrogen-bond donors (Lipinski definition) is 0. The molecule has 0 aromatic carbocycles. The zero-order valence-electron chi connectivity index (χ0n) is 10.5. The first-order chi connectivity index (χ1) is 7.82. The van der Waals surface area contributed by atoms with Gasteiger partial charge in [-0.1, -0.05) is 33.8 Å². The largest absolute Gasteiger partial charge is 0.289 e. The number of rotatable bonds is 1. The third-order valence-electron chi connectivity index (χ3n) is 2.88. The standard InChI is InChI=1S/C14H15BrO2/c1-9(7-8-15)5-6-11-10(2)12(16)13(17)14(11,3)4/h7H,8H2,1-4H3/b9-7+.